The van der Waals surface area contributed by atoms with Gasteiger partial charge in [-0.1, -0.05) is 30.3 Å². The maximum absolute atomic E-state index is 12.2. The quantitative estimate of drug-likeness (QED) is 0.735. The Morgan fingerprint density at radius 2 is 1.94 bits per heavy atom. The molecule has 1 unspecified atom stereocenters. The molecular weight excluding hydrogens is 222 g/mol. The maximum atomic E-state index is 12.2. The van der Waals surface area contributed by atoms with Crippen molar-refractivity contribution in [3.8, 4) is 0 Å². The Bertz CT molecular complexity index is 539. The Hall–Kier alpha value is -1.70. The van der Waals surface area contributed by atoms with E-state index in [1.54, 1.807) is 0 Å². The van der Waals surface area contributed by atoms with E-state index in [1.165, 1.54) is 5.56 Å². The molecule has 1 heterocycles. The summed E-state index contributed by atoms with van der Waals surface area (Å²) >= 11 is 0. The van der Waals surface area contributed by atoms with Gasteiger partial charge in [-0.15, -0.1) is 0 Å². The van der Waals surface area contributed by atoms with E-state index in [2.05, 4.69) is 24.0 Å². The van der Waals surface area contributed by atoms with Crippen LogP contribution in [0.2, 0.25) is 0 Å². The molecule has 0 N–H and O–H groups in total. The standard InChI is InChI=1S/C16H17NO/c1-11-10-13(12-6-3-2-4-7-12)16-14(17-11)8-5-9-15(16)18/h2-4,6-7,13H,5,8-10H2,1H3. The van der Waals surface area contributed by atoms with Crippen molar-refractivity contribution in [3.05, 3.63) is 47.2 Å². The second kappa shape index (κ2) is 4.52. The maximum Gasteiger partial charge on any atom is 0.161 e. The van der Waals surface area contributed by atoms with Crippen molar-refractivity contribution in [2.45, 2.75) is 38.5 Å². The summed E-state index contributed by atoms with van der Waals surface area (Å²) in [5.41, 5.74) is 4.42. The molecule has 3 rings (SSSR count). The molecule has 0 aromatic heterocycles. The van der Waals surface area contributed by atoms with E-state index < -0.39 is 0 Å². The molecule has 0 spiro atoms. The summed E-state index contributed by atoms with van der Waals surface area (Å²) in [5.74, 6) is 0.535. The van der Waals surface area contributed by atoms with Gasteiger partial charge < -0.3 is 0 Å². The van der Waals surface area contributed by atoms with E-state index in [9.17, 15) is 4.79 Å². The first kappa shape index (κ1) is 11.4. The summed E-state index contributed by atoms with van der Waals surface area (Å²) in [6, 6.07) is 10.4. The molecule has 18 heavy (non-hydrogen) atoms. The van der Waals surface area contributed by atoms with E-state index in [-0.39, 0.29) is 5.92 Å². The number of allylic oxidation sites excluding steroid dienone is 2. The molecule has 1 aromatic rings. The SMILES string of the molecule is CC1=NC2=C(C(=O)CCC2)C(c2ccccc2)C1. The first-order chi connectivity index (χ1) is 8.75. The minimum absolute atomic E-state index is 0.228. The molecule has 0 saturated carbocycles. The van der Waals surface area contributed by atoms with Crippen LogP contribution in [0.25, 0.3) is 0 Å². The second-order valence-electron chi connectivity index (χ2n) is 5.15. The van der Waals surface area contributed by atoms with Gasteiger partial charge in [0.05, 0.1) is 0 Å². The molecule has 1 aliphatic carbocycles. The van der Waals surface area contributed by atoms with Crippen molar-refractivity contribution >= 4 is 11.5 Å². The van der Waals surface area contributed by atoms with E-state index in [0.29, 0.717) is 12.2 Å². The van der Waals surface area contributed by atoms with Crippen molar-refractivity contribution < 1.29 is 4.79 Å². The Morgan fingerprint density at radius 3 is 2.72 bits per heavy atom. The van der Waals surface area contributed by atoms with Gasteiger partial charge in [-0.05, 0) is 31.7 Å². The van der Waals surface area contributed by atoms with Crippen LogP contribution in [0, 0.1) is 0 Å². The van der Waals surface area contributed by atoms with Gasteiger partial charge in [0.15, 0.2) is 5.78 Å². The summed E-state index contributed by atoms with van der Waals surface area (Å²) in [6.07, 6.45) is 3.49. The van der Waals surface area contributed by atoms with E-state index in [0.717, 1.165) is 36.2 Å². The van der Waals surface area contributed by atoms with Crippen LogP contribution >= 0.6 is 0 Å². The summed E-state index contributed by atoms with van der Waals surface area (Å²) in [6.45, 7) is 2.07. The Balaban J connectivity index is 2.08. The molecule has 92 valence electrons. The third-order valence-electron chi connectivity index (χ3n) is 3.80. The van der Waals surface area contributed by atoms with Gasteiger partial charge in [-0.3, -0.25) is 9.79 Å². The zero-order valence-corrected chi connectivity index (χ0v) is 10.6. The Kier molecular flexibility index (Phi) is 2.86. The number of carbonyl (C=O) groups excluding carboxylic acids is 1. The first-order valence-electron chi connectivity index (χ1n) is 6.61. The fraction of sp³-hybridized carbons (Fsp3) is 0.375. The Labute approximate surface area is 107 Å². The molecule has 1 atom stereocenters. The fourth-order valence-electron chi connectivity index (χ4n) is 3.00. The number of ketones is 1. The van der Waals surface area contributed by atoms with E-state index >= 15 is 0 Å². The van der Waals surface area contributed by atoms with Crippen molar-refractivity contribution in [2.24, 2.45) is 4.99 Å². The highest BCUT2D eigenvalue weighted by Crippen LogP contribution is 2.39. The molecular formula is C16H17NO. The lowest BCUT2D eigenvalue weighted by Gasteiger charge is -2.29. The fourth-order valence-corrected chi connectivity index (χ4v) is 3.00. The normalized spacial score (nSPS) is 23.7. The second-order valence-corrected chi connectivity index (χ2v) is 5.15. The highest BCUT2D eigenvalue weighted by atomic mass is 16.1. The van der Waals surface area contributed by atoms with Crippen LogP contribution in [-0.4, -0.2) is 11.5 Å². The topological polar surface area (TPSA) is 29.4 Å². The van der Waals surface area contributed by atoms with Gasteiger partial charge in [0, 0.05) is 29.3 Å². The number of benzene rings is 1. The summed E-state index contributed by atoms with van der Waals surface area (Å²) in [4.78, 5) is 16.8. The van der Waals surface area contributed by atoms with Gasteiger partial charge in [0.2, 0.25) is 0 Å². The van der Waals surface area contributed by atoms with Crippen molar-refractivity contribution in [1.29, 1.82) is 0 Å². The lowest BCUT2D eigenvalue weighted by atomic mass is 9.78. The molecule has 1 aromatic carbocycles. The van der Waals surface area contributed by atoms with Gasteiger partial charge in [0.1, 0.15) is 0 Å². The van der Waals surface area contributed by atoms with Gasteiger partial charge in [-0.2, -0.15) is 0 Å². The molecule has 0 radical (unpaired) electrons. The number of rotatable bonds is 1. The van der Waals surface area contributed by atoms with Crippen molar-refractivity contribution in [1.82, 2.24) is 0 Å². The zero-order valence-electron chi connectivity index (χ0n) is 10.6. The molecule has 1 aliphatic heterocycles. The average molecular weight is 239 g/mol. The predicted octanol–water partition coefficient (Wildman–Crippen LogP) is 3.64. The largest absolute Gasteiger partial charge is 0.294 e. The third kappa shape index (κ3) is 1.92. The smallest absolute Gasteiger partial charge is 0.161 e. The minimum atomic E-state index is 0.228. The number of carbonyl (C=O) groups is 1. The molecule has 2 heteroatoms. The summed E-state index contributed by atoms with van der Waals surface area (Å²) in [7, 11) is 0. The highest BCUT2D eigenvalue weighted by Gasteiger charge is 2.31. The molecule has 0 saturated heterocycles. The lowest BCUT2D eigenvalue weighted by molar-refractivity contribution is -0.116. The van der Waals surface area contributed by atoms with E-state index in [4.69, 9.17) is 0 Å². The van der Waals surface area contributed by atoms with Crippen LogP contribution in [0.4, 0.5) is 0 Å². The van der Waals surface area contributed by atoms with Crippen molar-refractivity contribution in [3.63, 3.8) is 0 Å². The van der Waals surface area contributed by atoms with Crippen LogP contribution in [0.3, 0.4) is 0 Å². The summed E-state index contributed by atoms with van der Waals surface area (Å²) in [5, 5.41) is 0. The number of Topliss-reactive ketones (excluding diaryl/α,β-unsaturated/α-hetero) is 1. The van der Waals surface area contributed by atoms with Crippen molar-refractivity contribution in [2.75, 3.05) is 0 Å². The van der Waals surface area contributed by atoms with E-state index in [1.807, 2.05) is 18.2 Å². The molecule has 2 aliphatic rings. The number of hydrogen-bond acceptors (Lipinski definition) is 2. The van der Waals surface area contributed by atoms with Crippen LogP contribution in [-0.2, 0) is 4.79 Å². The third-order valence-corrected chi connectivity index (χ3v) is 3.80. The first-order valence-corrected chi connectivity index (χ1v) is 6.61. The van der Waals surface area contributed by atoms with Crippen LogP contribution < -0.4 is 0 Å². The van der Waals surface area contributed by atoms with Gasteiger partial charge >= 0.3 is 0 Å². The van der Waals surface area contributed by atoms with Crippen LogP contribution in [0.15, 0.2) is 46.6 Å². The monoisotopic (exact) mass is 239 g/mol. The zero-order chi connectivity index (χ0) is 12.5. The average Bonchev–Trinajstić information content (AvgIpc) is 2.39. The number of nitrogens with zero attached hydrogens (tertiary/aromatic N) is 1. The van der Waals surface area contributed by atoms with Gasteiger partial charge in [0.25, 0.3) is 0 Å². The van der Waals surface area contributed by atoms with Crippen LogP contribution in [0.1, 0.15) is 44.1 Å². The van der Waals surface area contributed by atoms with Crippen LogP contribution in [0.5, 0.6) is 0 Å². The Morgan fingerprint density at radius 1 is 1.17 bits per heavy atom. The highest BCUT2D eigenvalue weighted by molar-refractivity contribution is 6.01. The molecule has 0 fully saturated rings. The molecule has 0 amide bonds. The number of hydrogen-bond donors (Lipinski definition) is 0. The molecule has 0 bridgehead atoms. The van der Waals surface area contributed by atoms with Gasteiger partial charge in [-0.25, -0.2) is 0 Å². The summed E-state index contributed by atoms with van der Waals surface area (Å²) < 4.78 is 0. The lowest BCUT2D eigenvalue weighted by Crippen LogP contribution is -2.23. The predicted molar refractivity (Wildman–Crippen MR) is 72.8 cm³/mol. The number of aliphatic imine (C=N–C) groups is 1. The molecule has 2 nitrogen and oxygen atoms in total. The minimum Gasteiger partial charge on any atom is -0.294 e.